The summed E-state index contributed by atoms with van der Waals surface area (Å²) in [4.78, 5) is 10.9. The van der Waals surface area contributed by atoms with Crippen LogP contribution in [0.2, 0.25) is 0 Å². The molecule has 0 aliphatic rings. The third-order valence-electron chi connectivity index (χ3n) is 1.62. The number of halogens is 1. The fourth-order valence-electron chi connectivity index (χ4n) is 0.945. The summed E-state index contributed by atoms with van der Waals surface area (Å²) < 4.78 is 18.5. The van der Waals surface area contributed by atoms with E-state index in [0.29, 0.717) is 0 Å². The molecule has 1 heterocycles. The minimum Gasteiger partial charge on any atom is -0.464 e. The normalized spacial score (nSPS) is 10.2. The quantitative estimate of drug-likeness (QED) is 0.639. The van der Waals surface area contributed by atoms with Crippen molar-refractivity contribution in [2.45, 2.75) is 6.54 Å². The van der Waals surface area contributed by atoms with Gasteiger partial charge in [-0.2, -0.15) is 5.10 Å². The summed E-state index contributed by atoms with van der Waals surface area (Å²) in [7, 11) is 1.11. The van der Waals surface area contributed by atoms with Gasteiger partial charge in [0.1, 0.15) is 0 Å². The van der Waals surface area contributed by atoms with Gasteiger partial charge < -0.3 is 15.6 Å². The van der Waals surface area contributed by atoms with E-state index < -0.39 is 17.5 Å². The van der Waals surface area contributed by atoms with E-state index >= 15 is 0 Å². The summed E-state index contributed by atoms with van der Waals surface area (Å²) >= 11 is 0. The van der Waals surface area contributed by atoms with E-state index in [0.717, 1.165) is 11.8 Å². The SMILES string of the molecule is COC(=O)c1nn(CCO)c(N)c1F. The van der Waals surface area contributed by atoms with E-state index in [4.69, 9.17) is 10.8 Å². The molecule has 0 saturated carbocycles. The van der Waals surface area contributed by atoms with Crippen molar-refractivity contribution >= 4 is 11.8 Å². The third kappa shape index (κ3) is 1.67. The number of aliphatic hydroxyl groups is 1. The topological polar surface area (TPSA) is 90.4 Å². The molecule has 78 valence electrons. The minimum absolute atomic E-state index is 0.0275. The second kappa shape index (κ2) is 4.05. The highest BCUT2D eigenvalue weighted by molar-refractivity contribution is 5.88. The first-order valence-corrected chi connectivity index (χ1v) is 3.82. The van der Waals surface area contributed by atoms with Crippen LogP contribution in [0.1, 0.15) is 10.5 Å². The number of ether oxygens (including phenoxy) is 1. The molecule has 1 aromatic rings. The molecule has 0 spiro atoms. The molecule has 1 aromatic heterocycles. The number of esters is 1. The van der Waals surface area contributed by atoms with Crippen molar-refractivity contribution in [3.63, 3.8) is 0 Å². The number of rotatable bonds is 3. The Kier molecular flexibility index (Phi) is 3.03. The summed E-state index contributed by atoms with van der Waals surface area (Å²) in [6, 6.07) is 0. The van der Waals surface area contributed by atoms with E-state index in [-0.39, 0.29) is 19.0 Å². The molecule has 0 aliphatic heterocycles. The van der Waals surface area contributed by atoms with Crippen molar-refractivity contribution in [2.24, 2.45) is 0 Å². The highest BCUT2D eigenvalue weighted by Crippen LogP contribution is 2.14. The molecule has 6 nitrogen and oxygen atoms in total. The van der Waals surface area contributed by atoms with Gasteiger partial charge in [-0.15, -0.1) is 0 Å². The van der Waals surface area contributed by atoms with E-state index in [2.05, 4.69) is 9.84 Å². The Labute approximate surface area is 79.1 Å². The summed E-state index contributed by atoms with van der Waals surface area (Å²) in [6.45, 7) is -0.217. The van der Waals surface area contributed by atoms with Gasteiger partial charge in [0.2, 0.25) is 5.69 Å². The summed E-state index contributed by atoms with van der Waals surface area (Å²) in [5, 5.41) is 12.1. The summed E-state index contributed by atoms with van der Waals surface area (Å²) in [5.74, 6) is -2.12. The second-order valence-electron chi connectivity index (χ2n) is 2.49. The number of nitrogens with two attached hydrogens (primary N) is 1. The van der Waals surface area contributed by atoms with Crippen molar-refractivity contribution in [2.75, 3.05) is 19.5 Å². The standard InChI is InChI=1S/C7H10FN3O3/c1-14-7(13)5-4(8)6(9)11(10-5)2-3-12/h12H,2-3,9H2,1H3. The number of carbonyl (C=O) groups is 1. The van der Waals surface area contributed by atoms with Gasteiger partial charge in [-0.25, -0.2) is 13.9 Å². The van der Waals surface area contributed by atoms with E-state index in [1.165, 1.54) is 0 Å². The molecule has 0 atom stereocenters. The Hall–Kier alpha value is -1.63. The maximum Gasteiger partial charge on any atom is 0.361 e. The number of hydrogen-bond donors (Lipinski definition) is 2. The van der Waals surface area contributed by atoms with Gasteiger partial charge in [0.25, 0.3) is 0 Å². The number of aliphatic hydroxyl groups excluding tert-OH is 1. The lowest BCUT2D eigenvalue weighted by Gasteiger charge is -1.98. The molecule has 0 bridgehead atoms. The first-order valence-electron chi connectivity index (χ1n) is 3.82. The van der Waals surface area contributed by atoms with Gasteiger partial charge in [0, 0.05) is 0 Å². The van der Waals surface area contributed by atoms with Gasteiger partial charge in [0.15, 0.2) is 11.6 Å². The van der Waals surface area contributed by atoms with Crippen LogP contribution in [0.15, 0.2) is 0 Å². The smallest absolute Gasteiger partial charge is 0.361 e. The predicted molar refractivity (Wildman–Crippen MR) is 45.0 cm³/mol. The van der Waals surface area contributed by atoms with Gasteiger partial charge >= 0.3 is 5.97 Å². The molecule has 3 N–H and O–H groups in total. The fourth-order valence-corrected chi connectivity index (χ4v) is 0.945. The van der Waals surface area contributed by atoms with Crippen LogP contribution in [0.4, 0.5) is 10.2 Å². The Morgan fingerprint density at radius 3 is 2.93 bits per heavy atom. The molecular weight excluding hydrogens is 193 g/mol. The average molecular weight is 203 g/mol. The molecule has 0 aromatic carbocycles. The molecule has 1 rings (SSSR count). The van der Waals surface area contributed by atoms with Crippen molar-refractivity contribution < 1.29 is 19.0 Å². The Morgan fingerprint density at radius 1 is 1.79 bits per heavy atom. The first-order chi connectivity index (χ1) is 6.61. The minimum atomic E-state index is -0.926. The predicted octanol–water partition coefficient (Wildman–Crippen LogP) is -0.617. The van der Waals surface area contributed by atoms with Crippen LogP contribution in [0.5, 0.6) is 0 Å². The largest absolute Gasteiger partial charge is 0.464 e. The van der Waals surface area contributed by atoms with Crippen LogP contribution in [-0.4, -0.2) is 34.6 Å². The van der Waals surface area contributed by atoms with Crippen molar-refractivity contribution in [3.8, 4) is 0 Å². The van der Waals surface area contributed by atoms with E-state index in [1.54, 1.807) is 0 Å². The lowest BCUT2D eigenvalue weighted by atomic mass is 10.4. The number of nitrogens with zero attached hydrogens (tertiary/aromatic N) is 2. The van der Waals surface area contributed by atoms with Crippen molar-refractivity contribution in [1.29, 1.82) is 0 Å². The number of anilines is 1. The molecule has 0 fully saturated rings. The zero-order valence-corrected chi connectivity index (χ0v) is 7.53. The van der Waals surface area contributed by atoms with Crippen LogP contribution in [0.25, 0.3) is 0 Å². The zero-order valence-electron chi connectivity index (χ0n) is 7.53. The Bertz CT molecular complexity index is 350. The molecule has 7 heteroatoms. The summed E-state index contributed by atoms with van der Waals surface area (Å²) in [5.41, 5.74) is 4.81. The molecule has 0 unspecified atom stereocenters. The second-order valence-corrected chi connectivity index (χ2v) is 2.49. The van der Waals surface area contributed by atoms with E-state index in [1.807, 2.05) is 0 Å². The lowest BCUT2D eigenvalue weighted by Crippen LogP contribution is -2.09. The maximum atomic E-state index is 13.2. The lowest BCUT2D eigenvalue weighted by molar-refractivity contribution is 0.0587. The highest BCUT2D eigenvalue weighted by Gasteiger charge is 2.21. The average Bonchev–Trinajstić information content (AvgIpc) is 2.46. The molecule has 0 amide bonds. The molecule has 0 radical (unpaired) electrons. The van der Waals surface area contributed by atoms with Crippen LogP contribution in [0.3, 0.4) is 0 Å². The van der Waals surface area contributed by atoms with Crippen LogP contribution in [-0.2, 0) is 11.3 Å². The molecule has 14 heavy (non-hydrogen) atoms. The number of methoxy groups -OCH3 is 1. The van der Waals surface area contributed by atoms with Crippen molar-refractivity contribution in [1.82, 2.24) is 9.78 Å². The maximum absolute atomic E-state index is 13.2. The van der Waals surface area contributed by atoms with Gasteiger partial charge in [-0.3, -0.25) is 0 Å². The molecule has 0 aliphatic carbocycles. The molecule has 0 saturated heterocycles. The molecular formula is C7H10FN3O3. The summed E-state index contributed by atoms with van der Waals surface area (Å²) in [6.07, 6.45) is 0. The monoisotopic (exact) mass is 203 g/mol. The third-order valence-corrected chi connectivity index (χ3v) is 1.62. The zero-order chi connectivity index (χ0) is 10.7. The van der Waals surface area contributed by atoms with E-state index in [9.17, 15) is 9.18 Å². The number of carbonyl (C=O) groups excluding carboxylic acids is 1. The first kappa shape index (κ1) is 10.5. The van der Waals surface area contributed by atoms with Crippen LogP contribution in [0, 0.1) is 5.82 Å². The Balaban J connectivity index is 3.08. The van der Waals surface area contributed by atoms with Gasteiger partial charge in [-0.05, 0) is 0 Å². The van der Waals surface area contributed by atoms with Crippen molar-refractivity contribution in [3.05, 3.63) is 11.5 Å². The van der Waals surface area contributed by atoms with Crippen LogP contribution >= 0.6 is 0 Å². The highest BCUT2D eigenvalue weighted by atomic mass is 19.1. The number of aromatic nitrogens is 2. The number of hydrogen-bond acceptors (Lipinski definition) is 5. The van der Waals surface area contributed by atoms with Crippen LogP contribution < -0.4 is 5.73 Å². The Morgan fingerprint density at radius 2 is 2.43 bits per heavy atom. The fraction of sp³-hybridized carbons (Fsp3) is 0.429. The van der Waals surface area contributed by atoms with Gasteiger partial charge in [-0.1, -0.05) is 0 Å². The number of nitrogen functional groups attached to an aromatic ring is 1. The van der Waals surface area contributed by atoms with Gasteiger partial charge in [0.05, 0.1) is 20.3 Å².